The summed E-state index contributed by atoms with van der Waals surface area (Å²) in [7, 11) is 1.85. The molecule has 6 heteroatoms. The van der Waals surface area contributed by atoms with Crippen molar-refractivity contribution in [3.8, 4) is 0 Å². The molecule has 0 amide bonds. The highest BCUT2D eigenvalue weighted by Gasteiger charge is 2.26. The van der Waals surface area contributed by atoms with E-state index in [2.05, 4.69) is 5.10 Å². The van der Waals surface area contributed by atoms with Crippen molar-refractivity contribution < 1.29 is 18.3 Å². The summed E-state index contributed by atoms with van der Waals surface area (Å²) in [6.45, 7) is 3.85. The maximum absolute atomic E-state index is 12.0. The molecule has 1 unspecified atom stereocenters. The molecule has 3 nitrogen and oxygen atoms in total. The summed E-state index contributed by atoms with van der Waals surface area (Å²) in [5.41, 5.74) is 3.04. The Bertz CT molecular complexity index is 413. The van der Waals surface area contributed by atoms with Gasteiger partial charge in [-0.2, -0.15) is 18.3 Å². The Labute approximate surface area is 111 Å². The van der Waals surface area contributed by atoms with E-state index >= 15 is 0 Å². The van der Waals surface area contributed by atoms with E-state index in [4.69, 9.17) is 0 Å². The van der Waals surface area contributed by atoms with Crippen LogP contribution in [0.1, 0.15) is 42.6 Å². The fourth-order valence-electron chi connectivity index (χ4n) is 2.17. The van der Waals surface area contributed by atoms with Crippen LogP contribution in [0.15, 0.2) is 0 Å². The normalized spacial score (nSPS) is 13.8. The first-order valence-electron chi connectivity index (χ1n) is 6.44. The Kier molecular flexibility index (Phi) is 5.40. The van der Waals surface area contributed by atoms with Gasteiger partial charge in [-0.15, -0.1) is 0 Å². The number of aliphatic hydroxyl groups is 1. The van der Waals surface area contributed by atoms with Gasteiger partial charge in [-0.1, -0.05) is 0 Å². The van der Waals surface area contributed by atoms with Crippen LogP contribution in [0.25, 0.3) is 0 Å². The number of rotatable bonds is 6. The monoisotopic (exact) mass is 278 g/mol. The molecule has 19 heavy (non-hydrogen) atoms. The van der Waals surface area contributed by atoms with Crippen LogP contribution in [0.2, 0.25) is 0 Å². The lowest BCUT2D eigenvalue weighted by Crippen LogP contribution is -2.12. The molecule has 1 atom stereocenters. The average Bonchev–Trinajstić information content (AvgIpc) is 2.49. The van der Waals surface area contributed by atoms with E-state index in [1.54, 1.807) is 4.68 Å². The molecular formula is C13H21F3N2O. The molecule has 0 aliphatic rings. The Balaban J connectivity index is 2.36. The maximum atomic E-state index is 12.0. The summed E-state index contributed by atoms with van der Waals surface area (Å²) in [4.78, 5) is 0. The number of hydrogen-bond donors (Lipinski definition) is 1. The van der Waals surface area contributed by atoms with Crippen molar-refractivity contribution in [2.45, 2.75) is 58.2 Å². The molecule has 0 bridgehead atoms. The lowest BCUT2D eigenvalue weighted by molar-refractivity contribution is -0.136. The van der Waals surface area contributed by atoms with Gasteiger partial charge in [0.25, 0.3) is 0 Å². The molecule has 110 valence electrons. The molecular weight excluding hydrogens is 257 g/mol. The van der Waals surface area contributed by atoms with Crippen molar-refractivity contribution in [3.05, 3.63) is 17.0 Å². The van der Waals surface area contributed by atoms with E-state index in [0.717, 1.165) is 17.0 Å². The highest BCUT2D eigenvalue weighted by molar-refractivity contribution is 5.24. The van der Waals surface area contributed by atoms with Crippen LogP contribution in [-0.2, 0) is 13.5 Å². The zero-order chi connectivity index (χ0) is 14.6. The molecule has 0 aromatic carbocycles. The second-order valence-electron chi connectivity index (χ2n) is 4.97. The standard InChI is InChI=1S/C13H21F3N2O/c1-9-12(10(2)18(3)17-9)7-6-11(19)5-4-8-13(14,15)16/h11,19H,4-8H2,1-3H3. The van der Waals surface area contributed by atoms with Gasteiger partial charge < -0.3 is 5.11 Å². The second-order valence-corrected chi connectivity index (χ2v) is 4.97. The van der Waals surface area contributed by atoms with Crippen LogP contribution in [0.4, 0.5) is 13.2 Å². The smallest absolute Gasteiger partial charge is 0.389 e. The summed E-state index contributed by atoms with van der Waals surface area (Å²) in [5, 5.41) is 14.0. The Morgan fingerprint density at radius 1 is 1.26 bits per heavy atom. The number of aryl methyl sites for hydroxylation is 2. The van der Waals surface area contributed by atoms with E-state index in [1.165, 1.54) is 0 Å². The Morgan fingerprint density at radius 2 is 1.89 bits per heavy atom. The Morgan fingerprint density at radius 3 is 2.37 bits per heavy atom. The van der Waals surface area contributed by atoms with E-state index in [1.807, 2.05) is 20.9 Å². The lowest BCUT2D eigenvalue weighted by atomic mass is 10.0. The number of aromatic nitrogens is 2. The van der Waals surface area contributed by atoms with Gasteiger partial charge in [-0.25, -0.2) is 0 Å². The average molecular weight is 278 g/mol. The van der Waals surface area contributed by atoms with Crippen LogP contribution in [-0.4, -0.2) is 27.2 Å². The van der Waals surface area contributed by atoms with E-state index < -0.39 is 18.7 Å². The van der Waals surface area contributed by atoms with Gasteiger partial charge in [0, 0.05) is 19.2 Å². The first kappa shape index (κ1) is 16.0. The van der Waals surface area contributed by atoms with Gasteiger partial charge in [-0.05, 0) is 45.1 Å². The maximum Gasteiger partial charge on any atom is 0.389 e. The second kappa shape index (κ2) is 6.41. The molecule has 0 saturated carbocycles. The van der Waals surface area contributed by atoms with E-state index in [9.17, 15) is 18.3 Å². The third-order valence-electron chi connectivity index (χ3n) is 3.38. The van der Waals surface area contributed by atoms with Gasteiger partial charge in [0.05, 0.1) is 11.8 Å². The van der Waals surface area contributed by atoms with Crippen molar-refractivity contribution >= 4 is 0 Å². The van der Waals surface area contributed by atoms with Gasteiger partial charge in [0.1, 0.15) is 0 Å². The van der Waals surface area contributed by atoms with Crippen LogP contribution >= 0.6 is 0 Å². The van der Waals surface area contributed by atoms with Crippen LogP contribution in [0.3, 0.4) is 0 Å². The topological polar surface area (TPSA) is 38.0 Å². The van der Waals surface area contributed by atoms with Crippen molar-refractivity contribution in [3.63, 3.8) is 0 Å². The summed E-state index contributed by atoms with van der Waals surface area (Å²) in [5.74, 6) is 0. The van der Waals surface area contributed by atoms with Crippen LogP contribution in [0, 0.1) is 13.8 Å². The third-order valence-corrected chi connectivity index (χ3v) is 3.38. The number of alkyl halides is 3. The number of aliphatic hydroxyl groups excluding tert-OH is 1. The molecule has 0 radical (unpaired) electrons. The molecule has 1 N–H and O–H groups in total. The van der Waals surface area contributed by atoms with Crippen molar-refractivity contribution in [2.75, 3.05) is 0 Å². The van der Waals surface area contributed by atoms with E-state index in [-0.39, 0.29) is 12.8 Å². The lowest BCUT2D eigenvalue weighted by Gasteiger charge is -2.11. The fourth-order valence-corrected chi connectivity index (χ4v) is 2.17. The van der Waals surface area contributed by atoms with Gasteiger partial charge in [-0.3, -0.25) is 4.68 Å². The van der Waals surface area contributed by atoms with Gasteiger partial charge in [0.2, 0.25) is 0 Å². The number of hydrogen-bond acceptors (Lipinski definition) is 2. The summed E-state index contributed by atoms with van der Waals surface area (Å²) in [6.07, 6.45) is -4.33. The molecule has 0 aliphatic carbocycles. The molecule has 0 spiro atoms. The highest BCUT2D eigenvalue weighted by Crippen LogP contribution is 2.23. The zero-order valence-electron chi connectivity index (χ0n) is 11.6. The molecule has 0 fully saturated rings. The SMILES string of the molecule is Cc1nn(C)c(C)c1CCC(O)CCCC(F)(F)F. The predicted octanol–water partition coefficient (Wildman–Crippen LogP) is 3.06. The molecule has 1 heterocycles. The summed E-state index contributed by atoms with van der Waals surface area (Å²) < 4.78 is 37.7. The van der Waals surface area contributed by atoms with Gasteiger partial charge >= 0.3 is 6.18 Å². The number of nitrogens with zero attached hydrogens (tertiary/aromatic N) is 2. The minimum atomic E-state index is -4.13. The first-order chi connectivity index (χ1) is 8.70. The van der Waals surface area contributed by atoms with Gasteiger partial charge in [0.15, 0.2) is 0 Å². The summed E-state index contributed by atoms with van der Waals surface area (Å²) >= 11 is 0. The number of halogens is 3. The fraction of sp³-hybridized carbons (Fsp3) is 0.769. The predicted molar refractivity (Wildman–Crippen MR) is 66.9 cm³/mol. The largest absolute Gasteiger partial charge is 0.393 e. The van der Waals surface area contributed by atoms with Crippen LogP contribution < -0.4 is 0 Å². The molecule has 1 aromatic heterocycles. The minimum Gasteiger partial charge on any atom is -0.393 e. The van der Waals surface area contributed by atoms with E-state index in [0.29, 0.717) is 12.8 Å². The minimum absolute atomic E-state index is 0.0182. The van der Waals surface area contributed by atoms with Crippen LogP contribution in [0.5, 0.6) is 0 Å². The molecule has 1 rings (SSSR count). The Hall–Kier alpha value is -1.04. The first-order valence-corrected chi connectivity index (χ1v) is 6.44. The third kappa shape index (κ3) is 5.22. The molecule has 1 aromatic rings. The van der Waals surface area contributed by atoms with Crippen molar-refractivity contribution in [1.82, 2.24) is 9.78 Å². The molecule has 0 saturated heterocycles. The van der Waals surface area contributed by atoms with Crippen molar-refractivity contribution in [2.24, 2.45) is 7.05 Å². The highest BCUT2D eigenvalue weighted by atomic mass is 19.4. The quantitative estimate of drug-likeness (QED) is 0.868. The van der Waals surface area contributed by atoms with Crippen molar-refractivity contribution in [1.29, 1.82) is 0 Å². The zero-order valence-corrected chi connectivity index (χ0v) is 11.6. The molecule has 0 aliphatic heterocycles. The summed E-state index contributed by atoms with van der Waals surface area (Å²) in [6, 6.07) is 0.